The Balaban J connectivity index is 1.81. The van der Waals surface area contributed by atoms with Crippen molar-refractivity contribution >= 4 is 5.91 Å². The zero-order chi connectivity index (χ0) is 15.9. The lowest BCUT2D eigenvalue weighted by Crippen LogP contribution is -2.38. The second-order valence-electron chi connectivity index (χ2n) is 6.10. The smallest absolute Gasteiger partial charge is 0.259 e. The molecule has 0 unspecified atom stereocenters. The maximum Gasteiger partial charge on any atom is 0.259 e. The lowest BCUT2D eigenvalue weighted by atomic mass is 10.1. The van der Waals surface area contributed by atoms with Crippen LogP contribution in [0.4, 0.5) is 0 Å². The van der Waals surface area contributed by atoms with E-state index in [0.717, 1.165) is 37.3 Å². The monoisotopic (exact) mass is 302 g/mol. The molecule has 2 aromatic rings. The Hall–Kier alpha value is -2.11. The van der Waals surface area contributed by atoms with Crippen molar-refractivity contribution in [2.45, 2.75) is 53.1 Å². The summed E-state index contributed by atoms with van der Waals surface area (Å²) in [4.78, 5) is 14.8. The van der Waals surface area contributed by atoms with Crippen molar-refractivity contribution in [3.63, 3.8) is 0 Å². The zero-order valence-electron chi connectivity index (χ0n) is 13.6. The molecule has 1 aliphatic heterocycles. The van der Waals surface area contributed by atoms with Crippen molar-refractivity contribution in [2.24, 2.45) is 0 Å². The summed E-state index contributed by atoms with van der Waals surface area (Å²) in [5, 5.41) is 8.41. The Labute approximate surface area is 130 Å². The fourth-order valence-corrected chi connectivity index (χ4v) is 3.28. The van der Waals surface area contributed by atoms with Crippen LogP contribution in [0.25, 0.3) is 0 Å². The predicted octanol–water partition coefficient (Wildman–Crippen LogP) is 2.41. The third-order valence-corrected chi connectivity index (χ3v) is 4.37. The molecule has 6 heteroatoms. The summed E-state index contributed by atoms with van der Waals surface area (Å²) in [6.45, 7) is 9.18. The van der Waals surface area contributed by atoms with Gasteiger partial charge in [-0.25, -0.2) is 0 Å². The fourth-order valence-electron chi connectivity index (χ4n) is 3.28. The highest BCUT2D eigenvalue weighted by molar-refractivity contribution is 5.96. The van der Waals surface area contributed by atoms with Gasteiger partial charge >= 0.3 is 0 Å². The minimum absolute atomic E-state index is 0.0280. The molecule has 118 valence electrons. The van der Waals surface area contributed by atoms with Crippen molar-refractivity contribution in [3.05, 3.63) is 34.5 Å². The average molecular weight is 302 g/mol. The van der Waals surface area contributed by atoms with Crippen LogP contribution in [0.15, 0.2) is 10.6 Å². The molecule has 0 aliphatic carbocycles. The van der Waals surface area contributed by atoms with Gasteiger partial charge in [0.2, 0.25) is 0 Å². The third-order valence-electron chi connectivity index (χ3n) is 4.37. The number of carbonyl (C=O) groups excluding carboxylic acids is 1. The maximum absolute atomic E-state index is 12.8. The summed E-state index contributed by atoms with van der Waals surface area (Å²) in [5.41, 5.74) is 3.42. The van der Waals surface area contributed by atoms with Gasteiger partial charge in [0, 0.05) is 12.2 Å². The van der Waals surface area contributed by atoms with E-state index in [1.54, 1.807) is 6.92 Å². The van der Waals surface area contributed by atoms with E-state index in [9.17, 15) is 4.79 Å². The van der Waals surface area contributed by atoms with Crippen LogP contribution in [0.3, 0.4) is 0 Å². The topological polar surface area (TPSA) is 64.2 Å². The molecule has 0 saturated carbocycles. The summed E-state index contributed by atoms with van der Waals surface area (Å²) < 4.78 is 7.14. The molecular formula is C16H22N4O2. The molecule has 0 spiro atoms. The SMILES string of the molecule is Cc1cc(C)n(C[C@H]2CCCN2C(=O)c2c(C)noc2C)n1. The number of hydrogen-bond acceptors (Lipinski definition) is 4. The van der Waals surface area contributed by atoms with E-state index in [-0.39, 0.29) is 11.9 Å². The Bertz CT molecular complexity index is 682. The average Bonchev–Trinajstić information content (AvgIpc) is 3.12. The molecule has 1 fully saturated rings. The Morgan fingerprint density at radius 1 is 1.36 bits per heavy atom. The van der Waals surface area contributed by atoms with Gasteiger partial charge in [0.1, 0.15) is 11.3 Å². The van der Waals surface area contributed by atoms with Gasteiger partial charge in [-0.15, -0.1) is 0 Å². The van der Waals surface area contributed by atoms with Crippen molar-refractivity contribution in [1.82, 2.24) is 19.8 Å². The van der Waals surface area contributed by atoms with Crippen LogP contribution in [-0.4, -0.2) is 38.3 Å². The number of nitrogens with zero attached hydrogens (tertiary/aromatic N) is 4. The summed E-state index contributed by atoms with van der Waals surface area (Å²) in [5.74, 6) is 0.625. The Morgan fingerprint density at radius 3 is 2.73 bits per heavy atom. The van der Waals surface area contributed by atoms with Gasteiger partial charge in [-0.05, 0) is 46.6 Å². The molecule has 1 saturated heterocycles. The second-order valence-corrected chi connectivity index (χ2v) is 6.10. The number of hydrogen-bond donors (Lipinski definition) is 0. The van der Waals surface area contributed by atoms with Crippen molar-refractivity contribution < 1.29 is 9.32 Å². The van der Waals surface area contributed by atoms with Gasteiger partial charge in [0.25, 0.3) is 5.91 Å². The molecular weight excluding hydrogens is 280 g/mol. The summed E-state index contributed by atoms with van der Waals surface area (Å²) in [6.07, 6.45) is 2.03. The van der Waals surface area contributed by atoms with E-state index >= 15 is 0 Å². The molecule has 1 amide bonds. The molecule has 3 rings (SSSR count). The minimum Gasteiger partial charge on any atom is -0.361 e. The van der Waals surface area contributed by atoms with E-state index in [1.807, 2.05) is 23.4 Å². The number of amides is 1. The quantitative estimate of drug-likeness (QED) is 0.873. The first kappa shape index (κ1) is 14.8. The summed E-state index contributed by atoms with van der Waals surface area (Å²) in [6, 6.07) is 2.24. The molecule has 3 heterocycles. The minimum atomic E-state index is 0.0280. The van der Waals surface area contributed by atoms with E-state index in [1.165, 1.54) is 0 Å². The first-order valence-electron chi connectivity index (χ1n) is 7.72. The van der Waals surface area contributed by atoms with E-state index in [0.29, 0.717) is 17.0 Å². The first-order chi connectivity index (χ1) is 10.5. The standard InChI is InChI=1S/C16H22N4O2/c1-10-8-11(2)20(17-10)9-14-6-5-7-19(14)16(21)15-12(3)18-22-13(15)4/h8,14H,5-7,9H2,1-4H3/t14-/m1/s1. The van der Waals surface area contributed by atoms with Crippen LogP contribution in [0.2, 0.25) is 0 Å². The number of likely N-dealkylation sites (tertiary alicyclic amines) is 1. The molecule has 6 nitrogen and oxygen atoms in total. The number of rotatable bonds is 3. The van der Waals surface area contributed by atoms with Gasteiger partial charge < -0.3 is 9.42 Å². The molecule has 1 atom stereocenters. The van der Waals surface area contributed by atoms with E-state index in [2.05, 4.69) is 23.2 Å². The van der Waals surface area contributed by atoms with Gasteiger partial charge in [0.05, 0.1) is 24.0 Å². The van der Waals surface area contributed by atoms with E-state index in [4.69, 9.17) is 4.52 Å². The van der Waals surface area contributed by atoms with Gasteiger partial charge in [-0.3, -0.25) is 9.48 Å². The van der Waals surface area contributed by atoms with Crippen LogP contribution in [0.1, 0.15) is 46.0 Å². The van der Waals surface area contributed by atoms with Gasteiger partial charge in [-0.1, -0.05) is 5.16 Å². The van der Waals surface area contributed by atoms with Crippen molar-refractivity contribution in [2.75, 3.05) is 6.54 Å². The number of carbonyl (C=O) groups is 1. The summed E-state index contributed by atoms with van der Waals surface area (Å²) in [7, 11) is 0. The van der Waals surface area contributed by atoms with E-state index < -0.39 is 0 Å². The Morgan fingerprint density at radius 2 is 2.14 bits per heavy atom. The first-order valence-corrected chi connectivity index (χ1v) is 7.72. The van der Waals surface area contributed by atoms with Crippen LogP contribution in [0, 0.1) is 27.7 Å². The Kier molecular flexibility index (Phi) is 3.76. The molecule has 0 radical (unpaired) electrons. The van der Waals surface area contributed by atoms with Crippen LogP contribution < -0.4 is 0 Å². The predicted molar refractivity (Wildman–Crippen MR) is 81.7 cm³/mol. The highest BCUT2D eigenvalue weighted by Crippen LogP contribution is 2.24. The highest BCUT2D eigenvalue weighted by Gasteiger charge is 2.33. The molecule has 2 aromatic heterocycles. The highest BCUT2D eigenvalue weighted by atomic mass is 16.5. The third kappa shape index (κ3) is 2.53. The van der Waals surface area contributed by atoms with Crippen molar-refractivity contribution in [3.8, 4) is 0 Å². The lowest BCUT2D eigenvalue weighted by Gasteiger charge is -2.25. The van der Waals surface area contributed by atoms with Crippen molar-refractivity contribution in [1.29, 1.82) is 0 Å². The van der Waals surface area contributed by atoms with Gasteiger partial charge in [0.15, 0.2) is 0 Å². The van der Waals surface area contributed by atoms with Crippen LogP contribution in [-0.2, 0) is 6.54 Å². The second kappa shape index (κ2) is 5.59. The number of aryl methyl sites for hydroxylation is 4. The van der Waals surface area contributed by atoms with Gasteiger partial charge in [-0.2, -0.15) is 5.10 Å². The zero-order valence-corrected chi connectivity index (χ0v) is 13.6. The normalized spacial score (nSPS) is 18.2. The molecule has 1 aliphatic rings. The summed E-state index contributed by atoms with van der Waals surface area (Å²) >= 11 is 0. The molecule has 0 bridgehead atoms. The number of aromatic nitrogens is 3. The van der Waals surface area contributed by atoms with Crippen LogP contribution >= 0.6 is 0 Å². The largest absolute Gasteiger partial charge is 0.361 e. The molecule has 0 aromatic carbocycles. The fraction of sp³-hybridized carbons (Fsp3) is 0.562. The molecule has 0 N–H and O–H groups in total. The van der Waals surface area contributed by atoms with Crippen LogP contribution in [0.5, 0.6) is 0 Å². The lowest BCUT2D eigenvalue weighted by molar-refractivity contribution is 0.0718. The maximum atomic E-state index is 12.8. The molecule has 22 heavy (non-hydrogen) atoms.